The molecule has 0 aromatic heterocycles. The lowest BCUT2D eigenvalue weighted by Crippen LogP contribution is -2.49. The summed E-state index contributed by atoms with van der Waals surface area (Å²) in [7, 11) is 3.55. The number of nitrogens with one attached hydrogen (secondary N) is 2. The quantitative estimate of drug-likeness (QED) is 0.273. The molecular weight excluding hydrogens is 579 g/mol. The maximum atomic E-state index is 13.7. The molecule has 0 fully saturated rings. The van der Waals surface area contributed by atoms with Crippen molar-refractivity contribution in [1.29, 1.82) is 0 Å². The highest BCUT2D eigenvalue weighted by molar-refractivity contribution is 6.42. The molecule has 3 aromatic carbocycles. The Hall–Kier alpha value is -3.50. The van der Waals surface area contributed by atoms with Crippen molar-refractivity contribution in [2.45, 2.75) is 32.5 Å². The number of ether oxygens (including phenoxy) is 2. The third-order valence-electron chi connectivity index (χ3n) is 7.22. The smallest absolute Gasteiger partial charge is 0.323 e. The van der Waals surface area contributed by atoms with E-state index < -0.39 is 12.1 Å². The van der Waals surface area contributed by atoms with Crippen LogP contribution in [0.15, 0.2) is 60.7 Å². The minimum absolute atomic E-state index is 0.103. The van der Waals surface area contributed by atoms with Crippen molar-refractivity contribution in [2.75, 3.05) is 44.5 Å². The number of hydrogen-bond acceptors (Lipinski definition) is 6. The Morgan fingerprint density at radius 1 is 1.14 bits per heavy atom. The Kier molecular flexibility index (Phi) is 10.6. The van der Waals surface area contributed by atoms with Gasteiger partial charge in [-0.2, -0.15) is 0 Å². The molecule has 0 unspecified atom stereocenters. The summed E-state index contributed by atoms with van der Waals surface area (Å²) in [6.07, 6.45) is -0.356. The van der Waals surface area contributed by atoms with E-state index in [0.717, 1.165) is 5.56 Å². The highest BCUT2D eigenvalue weighted by Crippen LogP contribution is 2.35. The van der Waals surface area contributed by atoms with Gasteiger partial charge in [0.05, 0.1) is 41.1 Å². The number of fused-ring (bicyclic) bond motifs is 1. The number of aliphatic hydroxyl groups excluding tert-OH is 1. The molecule has 3 aromatic rings. The van der Waals surface area contributed by atoms with E-state index in [1.807, 2.05) is 33.0 Å². The number of para-hydroxylation sites is 1. The van der Waals surface area contributed by atoms with Gasteiger partial charge in [0.25, 0.3) is 5.91 Å². The molecule has 3 N–H and O–H groups in total. The van der Waals surface area contributed by atoms with Crippen LogP contribution >= 0.6 is 23.2 Å². The van der Waals surface area contributed by atoms with Crippen LogP contribution in [-0.2, 0) is 6.54 Å². The van der Waals surface area contributed by atoms with Gasteiger partial charge in [0.1, 0.15) is 11.9 Å². The Morgan fingerprint density at radius 2 is 1.88 bits per heavy atom. The number of hydrogen-bond donors (Lipinski definition) is 3. The summed E-state index contributed by atoms with van der Waals surface area (Å²) in [5.41, 5.74) is 2.23. The van der Waals surface area contributed by atoms with Gasteiger partial charge in [-0.05, 0) is 68.1 Å². The second-order valence-electron chi connectivity index (χ2n) is 10.6. The molecule has 0 bridgehead atoms. The van der Waals surface area contributed by atoms with Gasteiger partial charge in [-0.3, -0.25) is 9.69 Å². The van der Waals surface area contributed by atoms with Crippen molar-refractivity contribution in [2.24, 2.45) is 5.92 Å². The number of aliphatic hydroxyl groups is 1. The van der Waals surface area contributed by atoms with Crippen LogP contribution in [0.25, 0.3) is 0 Å². The molecule has 1 aliphatic rings. The first-order valence-corrected chi connectivity index (χ1v) is 14.4. The lowest BCUT2D eigenvalue weighted by atomic mass is 9.99. The lowest BCUT2D eigenvalue weighted by molar-refractivity contribution is 0.0343. The van der Waals surface area contributed by atoms with Crippen LogP contribution in [-0.4, -0.2) is 72.8 Å². The van der Waals surface area contributed by atoms with E-state index >= 15 is 0 Å². The average Bonchev–Trinajstić information content (AvgIpc) is 2.97. The van der Waals surface area contributed by atoms with Crippen molar-refractivity contribution in [3.8, 4) is 11.5 Å². The molecule has 11 heteroatoms. The van der Waals surface area contributed by atoms with E-state index in [2.05, 4.69) is 15.5 Å². The van der Waals surface area contributed by atoms with Crippen molar-refractivity contribution in [3.63, 3.8) is 0 Å². The van der Waals surface area contributed by atoms with Crippen LogP contribution < -0.4 is 20.1 Å². The molecule has 0 radical (unpaired) electrons. The van der Waals surface area contributed by atoms with Crippen LogP contribution in [0.1, 0.15) is 29.8 Å². The van der Waals surface area contributed by atoms with Crippen LogP contribution in [0.5, 0.6) is 11.5 Å². The van der Waals surface area contributed by atoms with Crippen molar-refractivity contribution < 1.29 is 24.2 Å². The SMILES string of the molecule is COc1ccc(NC(=O)Nc2cccc3c2O[C@H](CN(C)Cc2ccc(Cl)c(Cl)c2)[C@@H](C)CN([C@H](C)CO)C3=O)cc1. The second-order valence-corrected chi connectivity index (χ2v) is 11.4. The molecule has 0 saturated carbocycles. The Labute approximate surface area is 256 Å². The Morgan fingerprint density at radius 3 is 2.55 bits per heavy atom. The second kappa shape index (κ2) is 14.1. The number of likely N-dealkylation sites (N-methyl/N-ethyl adjacent to an activating group) is 1. The summed E-state index contributed by atoms with van der Waals surface area (Å²) < 4.78 is 11.8. The fourth-order valence-corrected chi connectivity index (χ4v) is 5.16. The molecular formula is C31H36Cl2N4O5. The van der Waals surface area contributed by atoms with E-state index in [9.17, 15) is 14.7 Å². The van der Waals surface area contributed by atoms with Gasteiger partial charge < -0.3 is 30.1 Å². The number of carbonyl (C=O) groups excluding carboxylic acids is 2. The summed E-state index contributed by atoms with van der Waals surface area (Å²) in [4.78, 5) is 30.5. The van der Waals surface area contributed by atoms with Crippen LogP contribution in [0, 0.1) is 5.92 Å². The molecule has 42 heavy (non-hydrogen) atoms. The Bertz CT molecular complexity index is 1400. The van der Waals surface area contributed by atoms with Crippen molar-refractivity contribution in [1.82, 2.24) is 9.80 Å². The average molecular weight is 616 g/mol. The maximum absolute atomic E-state index is 13.7. The highest BCUT2D eigenvalue weighted by Gasteiger charge is 2.34. The molecule has 3 amide bonds. The van der Waals surface area contributed by atoms with Crippen molar-refractivity contribution >= 4 is 46.5 Å². The minimum atomic E-state index is -0.492. The highest BCUT2D eigenvalue weighted by atomic mass is 35.5. The van der Waals surface area contributed by atoms with Gasteiger partial charge in [0.15, 0.2) is 5.75 Å². The predicted molar refractivity (Wildman–Crippen MR) is 166 cm³/mol. The number of urea groups is 1. The molecule has 3 atom stereocenters. The van der Waals surface area contributed by atoms with E-state index in [4.69, 9.17) is 32.7 Å². The predicted octanol–water partition coefficient (Wildman–Crippen LogP) is 6.00. The summed E-state index contributed by atoms with van der Waals surface area (Å²) in [6, 6.07) is 16.6. The number of benzene rings is 3. The molecule has 0 saturated heterocycles. The van der Waals surface area contributed by atoms with Crippen LogP contribution in [0.4, 0.5) is 16.2 Å². The zero-order chi connectivity index (χ0) is 30.4. The minimum Gasteiger partial charge on any atom is -0.497 e. The topological polar surface area (TPSA) is 103 Å². The monoisotopic (exact) mass is 614 g/mol. The first kappa shape index (κ1) is 31.4. The number of carbonyl (C=O) groups is 2. The number of methoxy groups -OCH3 is 1. The molecule has 4 rings (SSSR count). The van der Waals surface area contributed by atoms with Crippen LogP contribution in [0.3, 0.4) is 0 Å². The summed E-state index contributed by atoms with van der Waals surface area (Å²) in [5.74, 6) is 0.569. The number of anilines is 2. The zero-order valence-electron chi connectivity index (χ0n) is 24.1. The largest absolute Gasteiger partial charge is 0.497 e. The molecule has 224 valence electrons. The first-order valence-electron chi connectivity index (χ1n) is 13.7. The zero-order valence-corrected chi connectivity index (χ0v) is 25.6. The van der Waals surface area contributed by atoms with E-state index in [0.29, 0.717) is 52.4 Å². The van der Waals surface area contributed by atoms with Gasteiger partial charge >= 0.3 is 6.03 Å². The fourth-order valence-electron chi connectivity index (χ4n) is 4.84. The molecule has 1 heterocycles. The van der Waals surface area contributed by atoms with Gasteiger partial charge in [0.2, 0.25) is 0 Å². The summed E-state index contributed by atoms with van der Waals surface area (Å²) in [6.45, 7) is 5.14. The maximum Gasteiger partial charge on any atom is 0.323 e. The van der Waals surface area contributed by atoms with Gasteiger partial charge in [-0.25, -0.2) is 4.79 Å². The van der Waals surface area contributed by atoms with Gasteiger partial charge in [-0.1, -0.05) is 42.3 Å². The number of nitrogens with zero attached hydrogens (tertiary/aromatic N) is 2. The van der Waals surface area contributed by atoms with Gasteiger partial charge in [0, 0.05) is 31.2 Å². The normalized spacial score (nSPS) is 17.5. The summed E-state index contributed by atoms with van der Waals surface area (Å²) in [5, 5.41) is 16.6. The standard InChI is InChI=1S/C31H36Cl2N4O5/c1-19-15-37(20(2)18-38)30(39)24-6-5-7-27(35-31(40)34-22-9-11-23(41-4)12-10-22)29(24)42-28(19)17-36(3)16-21-8-13-25(32)26(33)14-21/h5-14,19-20,28,38H,15-18H2,1-4H3,(H2,34,35,40)/t19-,20+,28+/m0/s1. The number of halogens is 2. The van der Waals surface area contributed by atoms with Crippen LogP contribution in [0.2, 0.25) is 10.0 Å². The van der Waals surface area contributed by atoms with E-state index in [1.54, 1.807) is 60.5 Å². The molecule has 1 aliphatic heterocycles. The third-order valence-corrected chi connectivity index (χ3v) is 7.95. The lowest BCUT2D eigenvalue weighted by Gasteiger charge is -2.38. The third kappa shape index (κ3) is 7.66. The van der Waals surface area contributed by atoms with E-state index in [1.165, 1.54) is 0 Å². The molecule has 0 spiro atoms. The van der Waals surface area contributed by atoms with Gasteiger partial charge in [-0.15, -0.1) is 0 Å². The van der Waals surface area contributed by atoms with Crippen molar-refractivity contribution in [3.05, 3.63) is 81.8 Å². The summed E-state index contributed by atoms with van der Waals surface area (Å²) >= 11 is 12.3. The molecule has 9 nitrogen and oxygen atoms in total. The first-order chi connectivity index (χ1) is 20.1. The Balaban J connectivity index is 1.61. The van der Waals surface area contributed by atoms with E-state index in [-0.39, 0.29) is 30.3 Å². The molecule has 0 aliphatic carbocycles. The fraction of sp³-hybridized carbons (Fsp3) is 0.355. The number of rotatable bonds is 9. The number of amides is 3.